The van der Waals surface area contributed by atoms with Crippen LogP contribution in [0.15, 0.2) is 18.2 Å². The number of nitrogens with zero attached hydrogens (tertiary/aromatic N) is 1. The van der Waals surface area contributed by atoms with E-state index in [9.17, 15) is 13.6 Å². The largest absolute Gasteiger partial charge is 0.298 e. The molecule has 1 aliphatic rings. The predicted octanol–water partition coefficient (Wildman–Crippen LogP) is 3.80. The molecule has 0 radical (unpaired) electrons. The number of anilines is 1. The number of hydrogen-bond donors (Lipinski definition) is 1. The molecular formula is C15H14F2N2OS. The summed E-state index contributed by atoms with van der Waals surface area (Å²) < 4.78 is 26.4. The third-order valence-corrected chi connectivity index (χ3v) is 4.62. The molecule has 21 heavy (non-hydrogen) atoms. The van der Waals surface area contributed by atoms with E-state index in [1.165, 1.54) is 16.2 Å². The van der Waals surface area contributed by atoms with Crippen molar-refractivity contribution in [2.45, 2.75) is 26.2 Å². The van der Waals surface area contributed by atoms with E-state index in [0.717, 1.165) is 37.1 Å². The monoisotopic (exact) mass is 308 g/mol. The standard InChI is InChI=1S/C15H14F2N2OS/c1-8-2-5-12-13(6-8)21-15(18-12)19-14(20)10-4-3-9(16)7-11(10)17/h3-4,7-8H,2,5-6H2,1H3,(H,18,19,20)/t8-/m0/s1. The number of amides is 1. The van der Waals surface area contributed by atoms with Crippen molar-refractivity contribution in [2.24, 2.45) is 5.92 Å². The van der Waals surface area contributed by atoms with Gasteiger partial charge in [-0.2, -0.15) is 0 Å². The number of halogens is 2. The molecule has 1 amide bonds. The van der Waals surface area contributed by atoms with Crippen molar-refractivity contribution in [3.63, 3.8) is 0 Å². The number of rotatable bonds is 2. The Morgan fingerprint density at radius 2 is 2.24 bits per heavy atom. The number of thiazole rings is 1. The second kappa shape index (κ2) is 5.52. The van der Waals surface area contributed by atoms with Gasteiger partial charge in [0.15, 0.2) is 5.13 Å². The lowest BCUT2D eigenvalue weighted by Crippen LogP contribution is -2.14. The van der Waals surface area contributed by atoms with Gasteiger partial charge in [-0.15, -0.1) is 11.3 Å². The number of carbonyl (C=O) groups is 1. The number of nitrogens with one attached hydrogen (secondary N) is 1. The Balaban J connectivity index is 1.79. The summed E-state index contributed by atoms with van der Waals surface area (Å²) in [5, 5.41) is 3.07. The topological polar surface area (TPSA) is 42.0 Å². The van der Waals surface area contributed by atoms with Crippen LogP contribution in [-0.2, 0) is 12.8 Å². The summed E-state index contributed by atoms with van der Waals surface area (Å²) in [7, 11) is 0. The molecule has 1 aliphatic carbocycles. The summed E-state index contributed by atoms with van der Waals surface area (Å²) >= 11 is 1.43. The Kier molecular flexibility index (Phi) is 3.71. The molecule has 0 saturated carbocycles. The maximum atomic E-state index is 13.6. The van der Waals surface area contributed by atoms with Gasteiger partial charge in [-0.1, -0.05) is 6.92 Å². The van der Waals surface area contributed by atoms with E-state index in [1.54, 1.807) is 0 Å². The highest BCUT2D eigenvalue weighted by molar-refractivity contribution is 7.15. The number of hydrogen-bond acceptors (Lipinski definition) is 3. The summed E-state index contributed by atoms with van der Waals surface area (Å²) in [6.45, 7) is 2.19. The molecule has 0 unspecified atom stereocenters. The smallest absolute Gasteiger partial charge is 0.260 e. The Bertz CT molecular complexity index is 699. The van der Waals surface area contributed by atoms with Crippen LogP contribution in [0.5, 0.6) is 0 Å². The van der Waals surface area contributed by atoms with Crippen molar-refractivity contribution < 1.29 is 13.6 Å². The van der Waals surface area contributed by atoms with Crippen molar-refractivity contribution in [1.82, 2.24) is 4.98 Å². The second-order valence-electron chi connectivity index (χ2n) is 5.32. The fourth-order valence-corrected chi connectivity index (χ4v) is 3.60. The van der Waals surface area contributed by atoms with Crippen LogP contribution < -0.4 is 5.32 Å². The molecule has 1 heterocycles. The zero-order chi connectivity index (χ0) is 15.0. The zero-order valence-corrected chi connectivity index (χ0v) is 12.3. The molecule has 110 valence electrons. The number of fused-ring (bicyclic) bond motifs is 1. The fraction of sp³-hybridized carbons (Fsp3) is 0.333. The Morgan fingerprint density at radius 3 is 3.00 bits per heavy atom. The van der Waals surface area contributed by atoms with E-state index in [4.69, 9.17) is 0 Å². The molecule has 0 aliphatic heterocycles. The van der Waals surface area contributed by atoms with Gasteiger partial charge < -0.3 is 0 Å². The predicted molar refractivity (Wildman–Crippen MR) is 77.6 cm³/mol. The lowest BCUT2D eigenvalue weighted by atomic mass is 9.93. The molecule has 0 spiro atoms. The van der Waals surface area contributed by atoms with E-state index < -0.39 is 17.5 Å². The first-order valence-electron chi connectivity index (χ1n) is 6.78. The number of aryl methyl sites for hydroxylation is 1. The zero-order valence-electron chi connectivity index (χ0n) is 11.5. The van der Waals surface area contributed by atoms with Gasteiger partial charge in [0.05, 0.1) is 11.3 Å². The first kappa shape index (κ1) is 14.1. The highest BCUT2D eigenvalue weighted by atomic mass is 32.1. The van der Waals surface area contributed by atoms with Crippen LogP contribution in [0, 0.1) is 17.6 Å². The van der Waals surface area contributed by atoms with Crippen molar-refractivity contribution >= 4 is 22.4 Å². The normalized spacial score (nSPS) is 17.4. The quantitative estimate of drug-likeness (QED) is 0.917. The Hall–Kier alpha value is -1.82. The molecule has 1 aromatic heterocycles. The first-order valence-corrected chi connectivity index (χ1v) is 7.59. The average Bonchev–Trinajstić information content (AvgIpc) is 2.79. The van der Waals surface area contributed by atoms with Crippen LogP contribution in [0.25, 0.3) is 0 Å². The van der Waals surface area contributed by atoms with Gasteiger partial charge in [-0.3, -0.25) is 10.1 Å². The van der Waals surface area contributed by atoms with E-state index >= 15 is 0 Å². The summed E-state index contributed by atoms with van der Waals surface area (Å²) in [5.74, 6) is -1.56. The molecule has 0 fully saturated rings. The van der Waals surface area contributed by atoms with Gasteiger partial charge in [0.2, 0.25) is 0 Å². The number of benzene rings is 1. The van der Waals surface area contributed by atoms with Gasteiger partial charge in [0.1, 0.15) is 11.6 Å². The minimum atomic E-state index is -0.873. The summed E-state index contributed by atoms with van der Waals surface area (Å²) in [6, 6.07) is 2.89. The van der Waals surface area contributed by atoms with Crippen molar-refractivity contribution in [3.8, 4) is 0 Å². The van der Waals surface area contributed by atoms with Crippen molar-refractivity contribution in [1.29, 1.82) is 0 Å². The van der Waals surface area contributed by atoms with Gasteiger partial charge >= 0.3 is 0 Å². The Morgan fingerprint density at radius 1 is 1.43 bits per heavy atom. The van der Waals surface area contributed by atoms with Crippen LogP contribution in [0.4, 0.5) is 13.9 Å². The first-order chi connectivity index (χ1) is 10.0. The molecule has 0 saturated heterocycles. The summed E-state index contributed by atoms with van der Waals surface area (Å²) in [4.78, 5) is 17.6. The second-order valence-corrected chi connectivity index (χ2v) is 6.40. The summed E-state index contributed by atoms with van der Waals surface area (Å²) in [6.07, 6.45) is 2.97. The third-order valence-electron chi connectivity index (χ3n) is 3.58. The van der Waals surface area contributed by atoms with Gasteiger partial charge in [0, 0.05) is 10.9 Å². The average molecular weight is 308 g/mol. The maximum absolute atomic E-state index is 13.6. The van der Waals surface area contributed by atoms with E-state index in [0.29, 0.717) is 17.1 Å². The molecule has 0 bridgehead atoms. The van der Waals surface area contributed by atoms with Crippen LogP contribution in [0.1, 0.15) is 34.3 Å². The number of aromatic nitrogens is 1. The lowest BCUT2D eigenvalue weighted by molar-refractivity contribution is 0.102. The molecular weight excluding hydrogens is 294 g/mol. The van der Waals surface area contributed by atoms with Crippen molar-refractivity contribution in [2.75, 3.05) is 5.32 Å². The van der Waals surface area contributed by atoms with Crippen LogP contribution in [-0.4, -0.2) is 10.9 Å². The molecule has 1 aromatic carbocycles. The third kappa shape index (κ3) is 2.95. The van der Waals surface area contributed by atoms with E-state index in [-0.39, 0.29) is 5.56 Å². The van der Waals surface area contributed by atoms with Crippen LogP contribution in [0.3, 0.4) is 0 Å². The molecule has 3 rings (SSSR count). The van der Waals surface area contributed by atoms with Crippen LogP contribution >= 0.6 is 11.3 Å². The van der Waals surface area contributed by atoms with E-state index in [2.05, 4.69) is 17.2 Å². The minimum Gasteiger partial charge on any atom is -0.298 e. The van der Waals surface area contributed by atoms with Crippen molar-refractivity contribution in [3.05, 3.63) is 46.0 Å². The lowest BCUT2D eigenvalue weighted by Gasteiger charge is -2.15. The Labute approximate surface area is 125 Å². The molecule has 1 N–H and O–H groups in total. The molecule has 6 heteroatoms. The van der Waals surface area contributed by atoms with Gasteiger partial charge in [-0.25, -0.2) is 13.8 Å². The molecule has 3 nitrogen and oxygen atoms in total. The molecule has 1 atom stereocenters. The minimum absolute atomic E-state index is 0.182. The highest BCUT2D eigenvalue weighted by Gasteiger charge is 2.21. The van der Waals surface area contributed by atoms with Gasteiger partial charge in [-0.05, 0) is 37.3 Å². The fourth-order valence-electron chi connectivity index (χ4n) is 2.43. The van der Waals surface area contributed by atoms with Gasteiger partial charge in [0.25, 0.3) is 5.91 Å². The number of carbonyl (C=O) groups excluding carboxylic acids is 1. The SMILES string of the molecule is C[C@H]1CCc2nc(NC(=O)c3ccc(F)cc3F)sc2C1. The summed E-state index contributed by atoms with van der Waals surface area (Å²) in [5.41, 5.74) is 0.839. The highest BCUT2D eigenvalue weighted by Crippen LogP contribution is 2.32. The maximum Gasteiger partial charge on any atom is 0.260 e. The molecule has 2 aromatic rings. The van der Waals surface area contributed by atoms with E-state index in [1.807, 2.05) is 0 Å². The van der Waals surface area contributed by atoms with Crippen LogP contribution in [0.2, 0.25) is 0 Å².